The van der Waals surface area contributed by atoms with Gasteiger partial charge in [-0.1, -0.05) is 0 Å². The predicted molar refractivity (Wildman–Crippen MR) is 76.6 cm³/mol. The lowest BCUT2D eigenvalue weighted by Crippen LogP contribution is -2.45. The van der Waals surface area contributed by atoms with E-state index in [2.05, 4.69) is 10.6 Å². The van der Waals surface area contributed by atoms with Crippen molar-refractivity contribution in [2.24, 2.45) is 0 Å². The molecule has 1 aliphatic carbocycles. The van der Waals surface area contributed by atoms with E-state index in [0.29, 0.717) is 4.88 Å². The summed E-state index contributed by atoms with van der Waals surface area (Å²) in [7, 11) is 0. The summed E-state index contributed by atoms with van der Waals surface area (Å²) in [4.78, 5) is 25.6. The van der Waals surface area contributed by atoms with Crippen LogP contribution in [0.25, 0.3) is 0 Å². The van der Waals surface area contributed by atoms with Crippen molar-refractivity contribution >= 4 is 23.2 Å². The summed E-state index contributed by atoms with van der Waals surface area (Å²) in [6.07, 6.45) is 3.35. The summed E-state index contributed by atoms with van der Waals surface area (Å²) in [5.41, 5.74) is 1.03. The van der Waals surface area contributed by atoms with E-state index in [4.69, 9.17) is 0 Å². The van der Waals surface area contributed by atoms with Crippen LogP contribution < -0.4 is 10.6 Å². The van der Waals surface area contributed by atoms with E-state index in [0.717, 1.165) is 12.8 Å². The Kier molecular flexibility index (Phi) is 3.94. The average Bonchev–Trinajstić information content (AvgIpc) is 2.83. The molecule has 104 valence electrons. The van der Waals surface area contributed by atoms with Gasteiger partial charge in [-0.25, -0.2) is 0 Å². The molecule has 19 heavy (non-hydrogen) atoms. The monoisotopic (exact) mass is 280 g/mol. The number of hydrogen-bond acceptors (Lipinski definition) is 3. The van der Waals surface area contributed by atoms with Crippen molar-refractivity contribution in [3.8, 4) is 0 Å². The van der Waals surface area contributed by atoms with Gasteiger partial charge < -0.3 is 10.6 Å². The Morgan fingerprint density at radius 3 is 2.68 bits per heavy atom. The highest BCUT2D eigenvalue weighted by Gasteiger charge is 2.19. The van der Waals surface area contributed by atoms with Crippen LogP contribution in [-0.4, -0.2) is 23.9 Å². The van der Waals surface area contributed by atoms with Crippen molar-refractivity contribution in [3.05, 3.63) is 21.4 Å². The first-order valence-corrected chi connectivity index (χ1v) is 7.37. The topological polar surface area (TPSA) is 58.2 Å². The van der Waals surface area contributed by atoms with Crippen molar-refractivity contribution in [3.63, 3.8) is 0 Å². The Bertz CT molecular complexity index is 479. The lowest BCUT2D eigenvalue weighted by Gasteiger charge is -2.20. The molecule has 4 nitrogen and oxygen atoms in total. The Morgan fingerprint density at radius 1 is 1.32 bits per heavy atom. The summed E-state index contributed by atoms with van der Waals surface area (Å²) in [6, 6.07) is 1.96. The molecule has 1 aromatic heterocycles. The number of aryl methyl sites for hydroxylation is 2. The summed E-state index contributed by atoms with van der Waals surface area (Å²) in [6.45, 7) is 5.77. The standard InChI is InChI=1S/C14H20N2O2S/c1-14(2,3)16-12(17)8-15-13(18)11-7-9-5-4-6-10(9)19-11/h7H,4-6,8H2,1-3H3,(H,15,18)(H,16,17). The molecule has 0 bridgehead atoms. The third kappa shape index (κ3) is 3.80. The normalized spacial score (nSPS) is 14.1. The van der Waals surface area contributed by atoms with Crippen LogP contribution in [0.5, 0.6) is 0 Å². The number of fused-ring (bicyclic) bond motifs is 1. The van der Waals surface area contributed by atoms with Gasteiger partial charge in [0.05, 0.1) is 11.4 Å². The van der Waals surface area contributed by atoms with Gasteiger partial charge in [0.15, 0.2) is 0 Å². The van der Waals surface area contributed by atoms with Gasteiger partial charge in [-0.15, -0.1) is 11.3 Å². The molecule has 2 rings (SSSR count). The average molecular weight is 280 g/mol. The zero-order valence-corrected chi connectivity index (χ0v) is 12.4. The van der Waals surface area contributed by atoms with Crippen LogP contribution in [0.4, 0.5) is 0 Å². The van der Waals surface area contributed by atoms with E-state index in [1.807, 2.05) is 26.8 Å². The summed E-state index contributed by atoms with van der Waals surface area (Å²) < 4.78 is 0. The zero-order chi connectivity index (χ0) is 14.0. The van der Waals surface area contributed by atoms with Gasteiger partial charge in [-0.3, -0.25) is 9.59 Å². The van der Waals surface area contributed by atoms with Crippen molar-refractivity contribution in [1.29, 1.82) is 0 Å². The van der Waals surface area contributed by atoms with Crippen LogP contribution in [0, 0.1) is 0 Å². The first-order valence-electron chi connectivity index (χ1n) is 6.56. The first kappa shape index (κ1) is 14.1. The summed E-state index contributed by atoms with van der Waals surface area (Å²) in [5, 5.41) is 5.48. The van der Waals surface area contributed by atoms with Crippen LogP contribution in [0.1, 0.15) is 47.3 Å². The third-order valence-corrected chi connectivity index (χ3v) is 4.13. The number of amides is 2. The minimum atomic E-state index is -0.272. The van der Waals surface area contributed by atoms with Crippen molar-refractivity contribution in [2.45, 2.75) is 45.6 Å². The number of carbonyl (C=O) groups is 2. The molecule has 0 aromatic carbocycles. The molecule has 2 amide bonds. The van der Waals surface area contributed by atoms with E-state index in [1.165, 1.54) is 16.9 Å². The molecule has 0 saturated carbocycles. The highest BCUT2D eigenvalue weighted by atomic mass is 32.1. The van der Waals surface area contributed by atoms with Crippen molar-refractivity contribution in [1.82, 2.24) is 10.6 Å². The van der Waals surface area contributed by atoms with Crippen molar-refractivity contribution < 1.29 is 9.59 Å². The fourth-order valence-corrected chi connectivity index (χ4v) is 3.32. The quantitative estimate of drug-likeness (QED) is 0.888. The Labute approximate surface area is 117 Å². The molecule has 0 aliphatic heterocycles. The fourth-order valence-electron chi connectivity index (χ4n) is 2.15. The molecule has 0 atom stereocenters. The second-order valence-electron chi connectivity index (χ2n) is 5.89. The molecule has 0 saturated heterocycles. The predicted octanol–water partition coefficient (Wildman–Crippen LogP) is 1.88. The van der Waals surface area contributed by atoms with Gasteiger partial charge in [0.25, 0.3) is 5.91 Å². The number of nitrogens with one attached hydrogen (secondary N) is 2. The molecule has 5 heteroatoms. The van der Waals surface area contributed by atoms with E-state index in [1.54, 1.807) is 11.3 Å². The van der Waals surface area contributed by atoms with Gasteiger partial charge in [-0.05, 0) is 51.7 Å². The number of rotatable bonds is 3. The van der Waals surface area contributed by atoms with Crippen LogP contribution in [0.15, 0.2) is 6.07 Å². The summed E-state index contributed by atoms with van der Waals surface area (Å²) in [5.74, 6) is -0.312. The highest BCUT2D eigenvalue weighted by molar-refractivity contribution is 7.14. The number of thiophene rings is 1. The van der Waals surface area contributed by atoms with Gasteiger partial charge >= 0.3 is 0 Å². The molecule has 2 N–H and O–H groups in total. The zero-order valence-electron chi connectivity index (χ0n) is 11.6. The maximum absolute atomic E-state index is 11.9. The first-order chi connectivity index (χ1) is 8.85. The lowest BCUT2D eigenvalue weighted by atomic mass is 10.1. The minimum Gasteiger partial charge on any atom is -0.350 e. The third-order valence-electron chi connectivity index (χ3n) is 2.89. The highest BCUT2D eigenvalue weighted by Crippen LogP contribution is 2.30. The second kappa shape index (κ2) is 5.33. The smallest absolute Gasteiger partial charge is 0.261 e. The Balaban J connectivity index is 1.86. The van der Waals surface area contributed by atoms with Crippen LogP contribution in [0.3, 0.4) is 0 Å². The van der Waals surface area contributed by atoms with Crippen LogP contribution in [0.2, 0.25) is 0 Å². The maximum atomic E-state index is 11.9. The number of hydrogen-bond donors (Lipinski definition) is 2. The van der Waals surface area contributed by atoms with Crippen LogP contribution >= 0.6 is 11.3 Å². The van der Waals surface area contributed by atoms with E-state index >= 15 is 0 Å². The molecule has 1 heterocycles. The Hall–Kier alpha value is -1.36. The van der Waals surface area contributed by atoms with E-state index < -0.39 is 0 Å². The molecule has 0 spiro atoms. The largest absolute Gasteiger partial charge is 0.350 e. The minimum absolute atomic E-state index is 0.0265. The van der Waals surface area contributed by atoms with Gasteiger partial charge in [0, 0.05) is 10.4 Å². The van der Waals surface area contributed by atoms with Crippen molar-refractivity contribution in [2.75, 3.05) is 6.54 Å². The van der Waals surface area contributed by atoms with Gasteiger partial charge in [-0.2, -0.15) is 0 Å². The van der Waals surface area contributed by atoms with Gasteiger partial charge in [0.1, 0.15) is 0 Å². The molecule has 1 aromatic rings. The second-order valence-corrected chi connectivity index (χ2v) is 7.03. The lowest BCUT2D eigenvalue weighted by molar-refractivity contribution is -0.121. The fraction of sp³-hybridized carbons (Fsp3) is 0.571. The molecule has 0 radical (unpaired) electrons. The Morgan fingerprint density at radius 2 is 2.05 bits per heavy atom. The van der Waals surface area contributed by atoms with Crippen LogP contribution in [-0.2, 0) is 17.6 Å². The van der Waals surface area contributed by atoms with E-state index in [9.17, 15) is 9.59 Å². The van der Waals surface area contributed by atoms with Gasteiger partial charge in [0.2, 0.25) is 5.91 Å². The molecule has 0 unspecified atom stereocenters. The maximum Gasteiger partial charge on any atom is 0.261 e. The molecule has 1 aliphatic rings. The molecule has 0 fully saturated rings. The number of carbonyl (C=O) groups excluding carboxylic acids is 2. The summed E-state index contributed by atoms with van der Waals surface area (Å²) >= 11 is 1.55. The molecular formula is C14H20N2O2S. The van der Waals surface area contributed by atoms with E-state index in [-0.39, 0.29) is 23.9 Å². The molecular weight excluding hydrogens is 260 g/mol. The SMILES string of the molecule is CC(C)(C)NC(=O)CNC(=O)c1cc2c(s1)CCC2.